The van der Waals surface area contributed by atoms with Gasteiger partial charge in [0.15, 0.2) is 0 Å². The van der Waals surface area contributed by atoms with Crippen LogP contribution in [0.2, 0.25) is 0 Å². The summed E-state index contributed by atoms with van der Waals surface area (Å²) >= 11 is 0. The van der Waals surface area contributed by atoms with Crippen LogP contribution in [0.5, 0.6) is 0 Å². The first kappa shape index (κ1) is 19.8. The molecule has 2 heterocycles. The topological polar surface area (TPSA) is 70.7 Å². The third-order valence-corrected chi connectivity index (χ3v) is 6.55. The maximum atomic E-state index is 12.2. The van der Waals surface area contributed by atoms with Gasteiger partial charge in [-0.1, -0.05) is 32.9 Å². The summed E-state index contributed by atoms with van der Waals surface area (Å²) < 4.78 is 17.7. The van der Waals surface area contributed by atoms with Crippen molar-refractivity contribution in [2.24, 2.45) is 5.41 Å². The van der Waals surface area contributed by atoms with Crippen molar-refractivity contribution in [1.29, 1.82) is 5.26 Å². The van der Waals surface area contributed by atoms with Gasteiger partial charge in [0.1, 0.15) is 6.07 Å². The highest BCUT2D eigenvalue weighted by Crippen LogP contribution is 2.31. The van der Waals surface area contributed by atoms with E-state index >= 15 is 0 Å². The van der Waals surface area contributed by atoms with Crippen molar-refractivity contribution in [1.82, 2.24) is 14.3 Å². The van der Waals surface area contributed by atoms with Crippen LogP contribution in [0.4, 0.5) is 0 Å². The van der Waals surface area contributed by atoms with Crippen LogP contribution in [0.15, 0.2) is 42.7 Å². The molecule has 6 heteroatoms. The lowest BCUT2D eigenvalue weighted by Gasteiger charge is -2.20. The molecule has 0 saturated heterocycles. The summed E-state index contributed by atoms with van der Waals surface area (Å²) in [5, 5.41) is 10.9. The zero-order valence-electron chi connectivity index (χ0n) is 17.1. The predicted octanol–water partition coefficient (Wildman–Crippen LogP) is 4.54. The second kappa shape index (κ2) is 7.74. The van der Waals surface area contributed by atoms with E-state index in [1.54, 1.807) is 18.3 Å². The summed E-state index contributed by atoms with van der Waals surface area (Å²) in [6, 6.07) is 12.0. The van der Waals surface area contributed by atoms with Gasteiger partial charge in [-0.25, -0.2) is 8.93 Å². The maximum absolute atomic E-state index is 12.2. The average Bonchev–Trinajstić information content (AvgIpc) is 3.49. The molecule has 0 bridgehead atoms. The molecule has 1 saturated carbocycles. The third-order valence-electron chi connectivity index (χ3n) is 5.04. The minimum atomic E-state index is -0.958. The Morgan fingerprint density at radius 3 is 2.79 bits per heavy atom. The monoisotopic (exact) mass is 406 g/mol. The number of nitrogens with one attached hydrogen (secondary N) is 1. The van der Waals surface area contributed by atoms with E-state index in [1.807, 2.05) is 6.07 Å². The molecular formula is C23H26N4OS. The molecule has 1 N–H and O–H groups in total. The lowest BCUT2D eigenvalue weighted by atomic mass is 9.97. The molecule has 150 valence electrons. The van der Waals surface area contributed by atoms with Crippen molar-refractivity contribution in [3.05, 3.63) is 53.9 Å². The molecule has 1 aliphatic carbocycles. The van der Waals surface area contributed by atoms with E-state index in [1.165, 1.54) is 0 Å². The normalized spacial score (nSPS) is 15.4. The number of fused-ring (bicyclic) bond motifs is 1. The van der Waals surface area contributed by atoms with E-state index in [4.69, 9.17) is 0 Å². The molecule has 0 aliphatic heterocycles. The second-order valence-electron chi connectivity index (χ2n) is 8.90. The van der Waals surface area contributed by atoms with Crippen LogP contribution in [-0.2, 0) is 24.1 Å². The standard InChI is InChI=1S/C23H26N4OS/c1-23(2,3)15-27-14-18(13-26-29(28)19-7-8-19)20-9-6-16(11-21(20)27)22-17(12-24)5-4-10-25-22/h4-6,9-11,14,19,26H,7-8,13,15H2,1-3H3. The first-order valence-electron chi connectivity index (χ1n) is 9.97. The number of pyridine rings is 1. The van der Waals surface area contributed by atoms with E-state index in [2.05, 4.69) is 59.4 Å². The Kier molecular flexibility index (Phi) is 5.28. The summed E-state index contributed by atoms with van der Waals surface area (Å²) in [5.74, 6) is 0. The highest BCUT2D eigenvalue weighted by molar-refractivity contribution is 7.83. The Morgan fingerprint density at radius 1 is 1.31 bits per heavy atom. The van der Waals surface area contributed by atoms with Crippen LogP contribution in [0.25, 0.3) is 22.2 Å². The maximum Gasteiger partial charge on any atom is 0.101 e. The number of nitrogens with zero attached hydrogens (tertiary/aromatic N) is 3. The summed E-state index contributed by atoms with van der Waals surface area (Å²) in [7, 11) is -0.958. The van der Waals surface area contributed by atoms with Crippen LogP contribution in [0.3, 0.4) is 0 Å². The fourth-order valence-corrected chi connectivity index (χ4v) is 4.67. The van der Waals surface area contributed by atoms with E-state index < -0.39 is 11.0 Å². The zero-order chi connectivity index (χ0) is 20.6. The van der Waals surface area contributed by atoms with Crippen LogP contribution < -0.4 is 4.72 Å². The zero-order valence-corrected chi connectivity index (χ0v) is 17.9. The Morgan fingerprint density at radius 2 is 2.10 bits per heavy atom. The van der Waals surface area contributed by atoms with Crippen LogP contribution in [-0.4, -0.2) is 19.0 Å². The van der Waals surface area contributed by atoms with E-state index in [0.717, 1.165) is 41.4 Å². The van der Waals surface area contributed by atoms with E-state index in [9.17, 15) is 9.47 Å². The second-order valence-corrected chi connectivity index (χ2v) is 10.5. The molecule has 1 aliphatic rings. The summed E-state index contributed by atoms with van der Waals surface area (Å²) in [6.45, 7) is 8.11. The lowest BCUT2D eigenvalue weighted by molar-refractivity contribution is 0.349. The van der Waals surface area contributed by atoms with Crippen molar-refractivity contribution in [3.8, 4) is 17.3 Å². The SMILES string of the molecule is CC(C)(C)Cn1cc(CNS(=O)C2CC2)c2ccc(-c3ncccc3C#N)cc21. The van der Waals surface area contributed by atoms with Crippen molar-refractivity contribution < 1.29 is 4.21 Å². The van der Waals surface area contributed by atoms with E-state index in [0.29, 0.717) is 23.1 Å². The smallest absolute Gasteiger partial charge is 0.101 e. The minimum absolute atomic E-state index is 0.117. The van der Waals surface area contributed by atoms with Gasteiger partial charge in [0, 0.05) is 47.2 Å². The molecule has 4 rings (SSSR count). The van der Waals surface area contributed by atoms with Gasteiger partial charge in [0.05, 0.1) is 22.2 Å². The molecule has 29 heavy (non-hydrogen) atoms. The highest BCUT2D eigenvalue weighted by Gasteiger charge is 2.28. The number of rotatable bonds is 6. The predicted molar refractivity (Wildman–Crippen MR) is 117 cm³/mol. The molecular weight excluding hydrogens is 380 g/mol. The fourth-order valence-electron chi connectivity index (χ4n) is 3.57. The van der Waals surface area contributed by atoms with Gasteiger partial charge in [-0.05, 0) is 42.0 Å². The molecule has 1 fully saturated rings. The molecule has 5 nitrogen and oxygen atoms in total. The largest absolute Gasteiger partial charge is 0.347 e. The van der Waals surface area contributed by atoms with Crippen LogP contribution in [0, 0.1) is 16.7 Å². The number of nitriles is 1. The van der Waals surface area contributed by atoms with Crippen LogP contribution >= 0.6 is 0 Å². The Labute approximate surface area is 174 Å². The average molecular weight is 407 g/mol. The van der Waals surface area contributed by atoms with Gasteiger partial charge in [-0.3, -0.25) is 4.98 Å². The quantitative estimate of drug-likeness (QED) is 0.653. The van der Waals surface area contributed by atoms with E-state index in [-0.39, 0.29) is 5.41 Å². The lowest BCUT2D eigenvalue weighted by Crippen LogP contribution is -2.19. The first-order chi connectivity index (χ1) is 13.9. The minimum Gasteiger partial charge on any atom is -0.347 e. The van der Waals surface area contributed by atoms with Gasteiger partial charge >= 0.3 is 0 Å². The molecule has 1 unspecified atom stereocenters. The number of aromatic nitrogens is 2. The fraction of sp³-hybridized carbons (Fsp3) is 0.391. The summed E-state index contributed by atoms with van der Waals surface area (Å²) in [5.41, 5.74) is 4.58. The number of benzene rings is 1. The van der Waals surface area contributed by atoms with Gasteiger partial charge in [0.2, 0.25) is 0 Å². The summed E-state index contributed by atoms with van der Waals surface area (Å²) in [4.78, 5) is 4.44. The molecule has 1 aromatic carbocycles. The Balaban J connectivity index is 1.75. The number of hydrogen-bond donors (Lipinski definition) is 1. The third kappa shape index (κ3) is 4.42. The van der Waals surface area contributed by atoms with Gasteiger partial charge in [0.25, 0.3) is 0 Å². The van der Waals surface area contributed by atoms with Gasteiger partial charge < -0.3 is 4.57 Å². The highest BCUT2D eigenvalue weighted by atomic mass is 32.2. The Bertz CT molecular complexity index is 1120. The van der Waals surface area contributed by atoms with Crippen molar-refractivity contribution in [3.63, 3.8) is 0 Å². The van der Waals surface area contributed by atoms with Crippen molar-refractivity contribution >= 4 is 21.9 Å². The van der Waals surface area contributed by atoms with Crippen molar-refractivity contribution in [2.75, 3.05) is 0 Å². The molecule has 2 aromatic heterocycles. The summed E-state index contributed by atoms with van der Waals surface area (Å²) in [6.07, 6.45) is 6.00. The van der Waals surface area contributed by atoms with Crippen molar-refractivity contribution in [2.45, 2.75) is 52.0 Å². The molecule has 1 atom stereocenters. The molecule has 3 aromatic rings. The Hall–Kier alpha value is -2.49. The molecule has 0 radical (unpaired) electrons. The number of hydrogen-bond acceptors (Lipinski definition) is 3. The van der Waals surface area contributed by atoms with Gasteiger partial charge in [-0.15, -0.1) is 0 Å². The first-order valence-corrected chi connectivity index (χ1v) is 11.2. The van der Waals surface area contributed by atoms with Gasteiger partial charge in [-0.2, -0.15) is 5.26 Å². The van der Waals surface area contributed by atoms with Crippen LogP contribution in [0.1, 0.15) is 44.7 Å². The molecule has 0 spiro atoms. The molecule has 0 amide bonds.